The molecule has 0 aromatic heterocycles. The van der Waals surface area contributed by atoms with E-state index in [1.54, 1.807) is 0 Å². The molecule has 0 fully saturated rings. The maximum absolute atomic E-state index is 5.51. The second-order valence-corrected chi connectivity index (χ2v) is 2.39. The topological polar surface area (TPSA) is 0 Å². The lowest BCUT2D eigenvalue weighted by atomic mass is 10.4. The minimum Gasteiger partial charge on any atom is -0.126 e. The summed E-state index contributed by atoms with van der Waals surface area (Å²) >= 11 is 16.2. The Bertz CT molecular complexity index is 77.7. The fourth-order valence-corrected chi connectivity index (χ4v) is 0.593. The van der Waals surface area contributed by atoms with E-state index in [4.69, 9.17) is 34.8 Å². The average Bonchev–Trinajstić information content (AvgIpc) is 1.83. The van der Waals surface area contributed by atoms with E-state index in [1.165, 1.54) is 0 Å². The molecular formula is C5H7Cl3. The number of rotatable bonds is 3. The van der Waals surface area contributed by atoms with Gasteiger partial charge in [0.05, 0.1) is 5.88 Å². The minimum atomic E-state index is 0.387. The lowest BCUT2D eigenvalue weighted by Crippen LogP contribution is -1.73. The van der Waals surface area contributed by atoms with Gasteiger partial charge in [-0.05, 0) is 6.42 Å². The van der Waals surface area contributed by atoms with Crippen molar-refractivity contribution in [3.8, 4) is 0 Å². The van der Waals surface area contributed by atoms with Crippen molar-refractivity contribution in [2.45, 2.75) is 6.42 Å². The zero-order valence-corrected chi connectivity index (χ0v) is 6.60. The largest absolute Gasteiger partial charge is 0.126 e. The van der Waals surface area contributed by atoms with Crippen LogP contribution in [0.5, 0.6) is 0 Å². The van der Waals surface area contributed by atoms with Crippen molar-refractivity contribution in [3.05, 3.63) is 11.1 Å². The molecular weight excluding hydrogens is 166 g/mol. The monoisotopic (exact) mass is 172 g/mol. The summed E-state index contributed by atoms with van der Waals surface area (Å²) < 4.78 is 0. The van der Waals surface area contributed by atoms with Crippen LogP contribution in [0.25, 0.3) is 0 Å². The summed E-state index contributed by atoms with van der Waals surface area (Å²) in [5.74, 6) is 0.992. The zero-order valence-electron chi connectivity index (χ0n) is 4.33. The first-order chi connectivity index (χ1) is 3.81. The molecule has 0 saturated heterocycles. The molecule has 0 atom stereocenters. The lowest BCUT2D eigenvalue weighted by Gasteiger charge is -1.86. The van der Waals surface area contributed by atoms with Crippen LogP contribution in [-0.2, 0) is 0 Å². The van der Waals surface area contributed by atoms with Crippen molar-refractivity contribution in [1.82, 2.24) is 0 Å². The van der Waals surface area contributed by atoms with Gasteiger partial charge in [0.25, 0.3) is 0 Å². The highest BCUT2D eigenvalue weighted by Crippen LogP contribution is 2.04. The van der Waals surface area contributed by atoms with Crippen LogP contribution in [0.1, 0.15) is 6.42 Å². The van der Waals surface area contributed by atoms with Crippen LogP contribution in [0.3, 0.4) is 0 Å². The number of hydrogen-bond acceptors (Lipinski definition) is 0. The van der Waals surface area contributed by atoms with E-state index in [0.29, 0.717) is 16.8 Å². The van der Waals surface area contributed by atoms with Gasteiger partial charge in [-0.1, -0.05) is 17.7 Å². The fraction of sp³-hybridized carbons (Fsp3) is 0.600. The molecule has 0 nitrogen and oxygen atoms in total. The SMILES string of the molecule is ClCC/C=C(/Cl)CCl. The summed E-state index contributed by atoms with van der Waals surface area (Å²) in [5.41, 5.74) is 0. The molecule has 0 aromatic rings. The van der Waals surface area contributed by atoms with Crippen molar-refractivity contribution in [1.29, 1.82) is 0 Å². The third-order valence-corrected chi connectivity index (χ3v) is 1.53. The summed E-state index contributed by atoms with van der Waals surface area (Å²) in [6.45, 7) is 0. The molecule has 0 radical (unpaired) electrons. The van der Waals surface area contributed by atoms with Gasteiger partial charge in [-0.15, -0.1) is 23.2 Å². The molecule has 0 heterocycles. The Morgan fingerprint density at radius 2 is 2.00 bits per heavy atom. The summed E-state index contributed by atoms with van der Waals surface area (Å²) in [6.07, 6.45) is 2.62. The molecule has 0 aromatic carbocycles. The number of alkyl halides is 2. The van der Waals surface area contributed by atoms with Gasteiger partial charge < -0.3 is 0 Å². The summed E-state index contributed by atoms with van der Waals surface area (Å²) in [4.78, 5) is 0. The predicted octanol–water partition coefficient (Wildman–Crippen LogP) is 2.98. The molecule has 0 aliphatic rings. The molecule has 3 heteroatoms. The lowest BCUT2D eigenvalue weighted by molar-refractivity contribution is 1.22. The third kappa shape index (κ3) is 4.76. The van der Waals surface area contributed by atoms with E-state index in [9.17, 15) is 0 Å². The van der Waals surface area contributed by atoms with E-state index in [-0.39, 0.29) is 0 Å². The van der Waals surface area contributed by atoms with E-state index >= 15 is 0 Å². The van der Waals surface area contributed by atoms with Crippen molar-refractivity contribution in [2.24, 2.45) is 0 Å². The van der Waals surface area contributed by atoms with Crippen LogP contribution >= 0.6 is 34.8 Å². The maximum Gasteiger partial charge on any atom is 0.0578 e. The van der Waals surface area contributed by atoms with Gasteiger partial charge in [0.2, 0.25) is 0 Å². The molecule has 0 aliphatic carbocycles. The Morgan fingerprint density at radius 1 is 1.38 bits per heavy atom. The van der Waals surface area contributed by atoms with Gasteiger partial charge in [-0.2, -0.15) is 0 Å². The van der Waals surface area contributed by atoms with Crippen LogP contribution in [-0.4, -0.2) is 11.8 Å². The standard InChI is InChI=1S/C5H7Cl3/c6-3-1-2-5(8)4-7/h2H,1,3-4H2/b5-2+. The number of halogens is 3. The first-order valence-corrected chi connectivity index (χ1v) is 3.72. The molecule has 0 N–H and O–H groups in total. The molecule has 0 unspecified atom stereocenters. The zero-order chi connectivity index (χ0) is 6.41. The number of allylic oxidation sites excluding steroid dienone is 2. The van der Waals surface area contributed by atoms with E-state index in [2.05, 4.69) is 0 Å². The molecule has 0 saturated carbocycles. The van der Waals surface area contributed by atoms with E-state index < -0.39 is 0 Å². The fourth-order valence-electron chi connectivity index (χ4n) is 0.266. The molecule has 0 bridgehead atoms. The molecule has 0 spiro atoms. The van der Waals surface area contributed by atoms with E-state index in [1.807, 2.05) is 6.08 Å². The molecule has 0 aliphatic heterocycles. The molecule has 0 amide bonds. The molecule has 8 heavy (non-hydrogen) atoms. The van der Waals surface area contributed by atoms with Gasteiger partial charge >= 0.3 is 0 Å². The summed E-state index contributed by atoms with van der Waals surface area (Å²) in [6, 6.07) is 0. The van der Waals surface area contributed by atoms with Crippen LogP contribution in [0.15, 0.2) is 11.1 Å². The van der Waals surface area contributed by atoms with Gasteiger partial charge in [0.1, 0.15) is 0 Å². The molecule has 0 rings (SSSR count). The highest BCUT2D eigenvalue weighted by atomic mass is 35.5. The second kappa shape index (κ2) is 5.74. The van der Waals surface area contributed by atoms with Crippen molar-refractivity contribution in [3.63, 3.8) is 0 Å². The third-order valence-electron chi connectivity index (χ3n) is 0.603. The summed E-state index contributed by atoms with van der Waals surface area (Å²) in [7, 11) is 0. The van der Waals surface area contributed by atoms with Crippen molar-refractivity contribution < 1.29 is 0 Å². The van der Waals surface area contributed by atoms with Gasteiger partial charge in [-0.3, -0.25) is 0 Å². The Hall–Kier alpha value is 0.610. The predicted molar refractivity (Wildman–Crippen MR) is 40.0 cm³/mol. The highest BCUT2D eigenvalue weighted by Gasteiger charge is 1.84. The van der Waals surface area contributed by atoms with Gasteiger partial charge in [0.15, 0.2) is 0 Å². The molecule has 48 valence electrons. The smallest absolute Gasteiger partial charge is 0.0578 e. The first kappa shape index (κ1) is 8.61. The minimum absolute atomic E-state index is 0.387. The van der Waals surface area contributed by atoms with Gasteiger partial charge in [0, 0.05) is 10.9 Å². The Kier molecular flexibility index (Phi) is 6.18. The van der Waals surface area contributed by atoms with Gasteiger partial charge in [-0.25, -0.2) is 0 Å². The van der Waals surface area contributed by atoms with Crippen molar-refractivity contribution in [2.75, 3.05) is 11.8 Å². The quantitative estimate of drug-likeness (QED) is 0.576. The van der Waals surface area contributed by atoms with Crippen molar-refractivity contribution >= 4 is 34.8 Å². The van der Waals surface area contributed by atoms with Crippen LogP contribution in [0, 0.1) is 0 Å². The first-order valence-electron chi connectivity index (χ1n) is 2.27. The Balaban J connectivity index is 3.26. The average molecular weight is 173 g/mol. The highest BCUT2D eigenvalue weighted by molar-refractivity contribution is 6.35. The summed E-state index contributed by atoms with van der Waals surface area (Å²) in [5, 5.41) is 0.673. The number of hydrogen-bond donors (Lipinski definition) is 0. The van der Waals surface area contributed by atoms with Crippen LogP contribution in [0.4, 0.5) is 0 Å². The van der Waals surface area contributed by atoms with Crippen LogP contribution < -0.4 is 0 Å². The van der Waals surface area contributed by atoms with Crippen LogP contribution in [0.2, 0.25) is 0 Å². The van der Waals surface area contributed by atoms with E-state index in [0.717, 1.165) is 6.42 Å². The normalized spacial score (nSPS) is 12.1. The Morgan fingerprint density at radius 3 is 2.38 bits per heavy atom. The Labute approximate surface area is 64.4 Å². The second-order valence-electron chi connectivity index (χ2n) is 1.26. The maximum atomic E-state index is 5.51.